The zero-order valence-electron chi connectivity index (χ0n) is 14.8. The maximum absolute atomic E-state index is 12.0. The SMILES string of the molecule is O=C(CSc1nc2ccccc2s1)N/N=C\c1ccc(-c2cc(Cl)ccc2Cl)o1. The number of hydrogen-bond donors (Lipinski definition) is 1. The molecule has 29 heavy (non-hydrogen) atoms. The summed E-state index contributed by atoms with van der Waals surface area (Å²) >= 11 is 15.1. The van der Waals surface area contributed by atoms with Gasteiger partial charge in [0.15, 0.2) is 4.34 Å². The van der Waals surface area contributed by atoms with E-state index in [0.717, 1.165) is 14.6 Å². The van der Waals surface area contributed by atoms with Crippen LogP contribution < -0.4 is 5.43 Å². The average molecular weight is 462 g/mol. The number of nitrogens with zero attached hydrogens (tertiary/aromatic N) is 2. The first-order valence-corrected chi connectivity index (χ1v) is 11.0. The first-order chi connectivity index (χ1) is 14.1. The van der Waals surface area contributed by atoms with Gasteiger partial charge in [0, 0.05) is 10.6 Å². The predicted molar refractivity (Wildman–Crippen MR) is 120 cm³/mol. The molecule has 1 amide bonds. The number of para-hydroxylation sites is 1. The van der Waals surface area contributed by atoms with E-state index in [1.54, 1.807) is 41.7 Å². The van der Waals surface area contributed by atoms with E-state index in [4.69, 9.17) is 27.6 Å². The van der Waals surface area contributed by atoms with E-state index in [2.05, 4.69) is 15.5 Å². The molecule has 0 unspecified atom stereocenters. The van der Waals surface area contributed by atoms with E-state index in [-0.39, 0.29) is 11.7 Å². The van der Waals surface area contributed by atoms with Crippen LogP contribution in [0.4, 0.5) is 0 Å². The van der Waals surface area contributed by atoms with Gasteiger partial charge >= 0.3 is 0 Å². The van der Waals surface area contributed by atoms with Crippen LogP contribution in [-0.4, -0.2) is 22.9 Å². The minimum Gasteiger partial charge on any atom is -0.455 e. The number of thioether (sulfide) groups is 1. The molecule has 0 aliphatic carbocycles. The highest BCUT2D eigenvalue weighted by Crippen LogP contribution is 2.31. The third-order valence-corrected chi connectivity index (χ3v) is 6.55. The van der Waals surface area contributed by atoms with Crippen molar-refractivity contribution in [3.8, 4) is 11.3 Å². The Balaban J connectivity index is 1.32. The Morgan fingerprint density at radius 2 is 2.07 bits per heavy atom. The van der Waals surface area contributed by atoms with E-state index in [1.165, 1.54) is 18.0 Å². The van der Waals surface area contributed by atoms with Gasteiger partial charge in [0.05, 0.1) is 27.2 Å². The van der Waals surface area contributed by atoms with Crippen LogP contribution in [0.3, 0.4) is 0 Å². The van der Waals surface area contributed by atoms with Gasteiger partial charge in [-0.1, -0.05) is 47.1 Å². The molecule has 4 aromatic rings. The Bertz CT molecular complexity index is 1170. The Morgan fingerprint density at radius 1 is 1.21 bits per heavy atom. The molecular weight excluding hydrogens is 449 g/mol. The van der Waals surface area contributed by atoms with Crippen molar-refractivity contribution in [2.75, 3.05) is 5.75 Å². The highest BCUT2D eigenvalue weighted by Gasteiger charge is 2.09. The number of hydrogen-bond acceptors (Lipinski definition) is 6. The zero-order valence-corrected chi connectivity index (χ0v) is 17.9. The van der Waals surface area contributed by atoms with Gasteiger partial charge in [0.1, 0.15) is 11.5 Å². The van der Waals surface area contributed by atoms with Crippen molar-refractivity contribution >= 4 is 68.6 Å². The lowest BCUT2D eigenvalue weighted by molar-refractivity contribution is -0.118. The third-order valence-electron chi connectivity index (χ3n) is 3.80. The standard InChI is InChI=1S/C20H13Cl2N3O2S2/c21-12-5-7-15(22)14(9-12)17-8-6-13(27-17)10-23-25-19(26)11-28-20-24-16-3-1-2-4-18(16)29-20/h1-10H,11H2,(H,25,26)/b23-10-. The lowest BCUT2D eigenvalue weighted by Gasteiger charge is -2.01. The maximum Gasteiger partial charge on any atom is 0.250 e. The molecule has 0 fully saturated rings. The van der Waals surface area contributed by atoms with Crippen LogP contribution in [0.1, 0.15) is 5.76 Å². The van der Waals surface area contributed by atoms with Crippen LogP contribution in [0.5, 0.6) is 0 Å². The number of amides is 1. The lowest BCUT2D eigenvalue weighted by atomic mass is 10.2. The number of aromatic nitrogens is 1. The molecule has 2 heterocycles. The first-order valence-electron chi connectivity index (χ1n) is 8.44. The molecule has 5 nitrogen and oxygen atoms in total. The Morgan fingerprint density at radius 3 is 2.93 bits per heavy atom. The molecule has 0 bridgehead atoms. The molecule has 0 saturated heterocycles. The quantitative estimate of drug-likeness (QED) is 0.213. The van der Waals surface area contributed by atoms with E-state index >= 15 is 0 Å². The molecule has 0 spiro atoms. The molecule has 0 radical (unpaired) electrons. The second-order valence-electron chi connectivity index (χ2n) is 5.86. The van der Waals surface area contributed by atoms with Crippen LogP contribution in [0.25, 0.3) is 21.5 Å². The Labute approximate surface area is 184 Å². The molecule has 0 saturated carbocycles. The summed E-state index contributed by atoms with van der Waals surface area (Å²) in [7, 11) is 0. The number of furan rings is 1. The summed E-state index contributed by atoms with van der Waals surface area (Å²) in [6.45, 7) is 0. The van der Waals surface area contributed by atoms with E-state index in [9.17, 15) is 4.79 Å². The normalized spacial score (nSPS) is 11.4. The second kappa shape index (κ2) is 9.00. The number of fused-ring (bicyclic) bond motifs is 1. The Hall–Kier alpha value is -2.32. The highest BCUT2D eigenvalue weighted by atomic mass is 35.5. The minimum absolute atomic E-state index is 0.221. The van der Waals surface area contributed by atoms with Gasteiger partial charge in [-0.3, -0.25) is 4.79 Å². The minimum atomic E-state index is -0.227. The topological polar surface area (TPSA) is 67.5 Å². The maximum atomic E-state index is 12.0. The molecule has 4 rings (SSSR count). The number of benzene rings is 2. The van der Waals surface area contributed by atoms with E-state index < -0.39 is 0 Å². The summed E-state index contributed by atoms with van der Waals surface area (Å²) < 4.78 is 7.64. The van der Waals surface area contributed by atoms with Crippen LogP contribution in [0.2, 0.25) is 10.0 Å². The van der Waals surface area contributed by atoms with Crippen LogP contribution in [0, 0.1) is 0 Å². The van der Waals surface area contributed by atoms with Gasteiger partial charge in [0.2, 0.25) is 0 Å². The molecule has 0 aliphatic heterocycles. The van der Waals surface area contributed by atoms with Crippen molar-refractivity contribution in [3.05, 3.63) is 70.4 Å². The number of hydrazone groups is 1. The summed E-state index contributed by atoms with van der Waals surface area (Å²) in [5.41, 5.74) is 4.11. The van der Waals surface area contributed by atoms with Gasteiger partial charge in [0.25, 0.3) is 5.91 Å². The second-order valence-corrected chi connectivity index (χ2v) is 8.95. The summed E-state index contributed by atoms with van der Waals surface area (Å²) in [5.74, 6) is 1.04. The molecule has 2 aromatic carbocycles. The number of nitrogens with one attached hydrogen (secondary N) is 1. The number of carbonyl (C=O) groups is 1. The van der Waals surface area contributed by atoms with Crippen molar-refractivity contribution in [2.24, 2.45) is 5.10 Å². The van der Waals surface area contributed by atoms with Gasteiger partial charge in [-0.25, -0.2) is 10.4 Å². The average Bonchev–Trinajstić information content (AvgIpc) is 3.35. The molecule has 0 aliphatic rings. The van der Waals surface area contributed by atoms with Gasteiger partial charge < -0.3 is 4.42 Å². The smallest absolute Gasteiger partial charge is 0.250 e. The lowest BCUT2D eigenvalue weighted by Crippen LogP contribution is -2.19. The van der Waals surface area contributed by atoms with Crippen LogP contribution in [-0.2, 0) is 4.79 Å². The number of halogens is 2. The fourth-order valence-electron chi connectivity index (χ4n) is 2.49. The Kier molecular flexibility index (Phi) is 6.20. The predicted octanol–water partition coefficient (Wildman–Crippen LogP) is 6.11. The van der Waals surface area contributed by atoms with Crippen molar-refractivity contribution in [2.45, 2.75) is 4.34 Å². The fraction of sp³-hybridized carbons (Fsp3) is 0.0500. The van der Waals surface area contributed by atoms with Crippen LogP contribution in [0.15, 0.2) is 68.5 Å². The molecule has 0 atom stereocenters. The number of thiazole rings is 1. The van der Waals surface area contributed by atoms with Gasteiger partial charge in [-0.15, -0.1) is 11.3 Å². The summed E-state index contributed by atoms with van der Waals surface area (Å²) in [6.07, 6.45) is 1.43. The van der Waals surface area contributed by atoms with Crippen LogP contribution >= 0.6 is 46.3 Å². The first kappa shape index (κ1) is 20.0. The molecule has 9 heteroatoms. The third kappa shape index (κ3) is 5.00. The summed E-state index contributed by atoms with van der Waals surface area (Å²) in [5, 5.41) is 5.03. The van der Waals surface area contributed by atoms with Gasteiger partial charge in [-0.05, 0) is 42.5 Å². The summed E-state index contributed by atoms with van der Waals surface area (Å²) in [4.78, 5) is 16.5. The van der Waals surface area contributed by atoms with Crippen molar-refractivity contribution in [1.82, 2.24) is 10.4 Å². The highest BCUT2D eigenvalue weighted by molar-refractivity contribution is 8.01. The molecule has 2 aromatic heterocycles. The number of rotatable bonds is 6. The van der Waals surface area contributed by atoms with Gasteiger partial charge in [-0.2, -0.15) is 5.10 Å². The van der Waals surface area contributed by atoms with Crippen molar-refractivity contribution in [1.29, 1.82) is 0 Å². The monoisotopic (exact) mass is 461 g/mol. The largest absolute Gasteiger partial charge is 0.455 e. The molecule has 1 N–H and O–H groups in total. The van der Waals surface area contributed by atoms with E-state index in [1.807, 2.05) is 24.3 Å². The zero-order chi connectivity index (χ0) is 20.2. The molecular formula is C20H13Cl2N3O2S2. The van der Waals surface area contributed by atoms with Crippen molar-refractivity contribution < 1.29 is 9.21 Å². The molecule has 146 valence electrons. The number of carbonyl (C=O) groups excluding carboxylic acids is 1. The van der Waals surface area contributed by atoms with E-state index in [0.29, 0.717) is 27.1 Å². The fourth-order valence-corrected chi connectivity index (χ4v) is 4.74. The summed E-state index contributed by atoms with van der Waals surface area (Å²) in [6, 6.07) is 16.5. The van der Waals surface area contributed by atoms with Crippen molar-refractivity contribution in [3.63, 3.8) is 0 Å².